The van der Waals surface area contributed by atoms with Crippen LogP contribution in [-0.4, -0.2) is 4.98 Å². The minimum atomic E-state index is 0.235. The van der Waals surface area contributed by atoms with E-state index < -0.39 is 0 Å². The van der Waals surface area contributed by atoms with Gasteiger partial charge < -0.3 is 0 Å². The molecule has 11 heavy (non-hydrogen) atoms. The van der Waals surface area contributed by atoms with E-state index in [4.69, 9.17) is 0 Å². The number of aryl methyl sites for hydroxylation is 2. The zero-order valence-corrected chi connectivity index (χ0v) is 8.02. The van der Waals surface area contributed by atoms with Crippen molar-refractivity contribution in [1.82, 2.24) is 4.98 Å². The van der Waals surface area contributed by atoms with E-state index in [0.29, 0.717) is 0 Å². The highest BCUT2D eigenvalue weighted by atomic mass is 15.0. The molecule has 0 saturated heterocycles. The Hall–Kier alpha value is -0.790. The van der Waals surface area contributed by atoms with E-state index in [1.165, 1.54) is 11.4 Å². The first-order chi connectivity index (χ1) is 4.93. The van der Waals surface area contributed by atoms with Crippen molar-refractivity contribution >= 4 is 0 Å². The molecule has 0 radical (unpaired) electrons. The second-order valence-corrected chi connectivity index (χ2v) is 4.11. The zero-order chi connectivity index (χ0) is 8.65. The number of nitrogens with zero attached hydrogens (tertiary/aromatic N) is 1. The molecule has 0 spiro atoms. The molecule has 1 aromatic heterocycles. The quantitative estimate of drug-likeness (QED) is 0.544. The van der Waals surface area contributed by atoms with Crippen LogP contribution in [0.1, 0.15) is 32.2 Å². The molecule has 1 aromatic rings. The van der Waals surface area contributed by atoms with Crippen LogP contribution in [0.2, 0.25) is 0 Å². The maximum Gasteiger partial charge on any atom is 0.241 e. The van der Waals surface area contributed by atoms with Crippen LogP contribution in [0.5, 0.6) is 0 Å². The van der Waals surface area contributed by atoms with Gasteiger partial charge in [-0.1, -0.05) is 20.8 Å². The Morgan fingerprint density at radius 1 is 1.36 bits per heavy atom. The largest absolute Gasteiger partial charge is 0.248 e. The predicted molar refractivity (Wildman–Crippen MR) is 45.4 cm³/mol. The lowest BCUT2D eigenvalue weighted by Gasteiger charge is -2.15. The Kier molecular flexibility index (Phi) is 1.78. The average Bonchev–Trinajstić information content (AvgIpc) is 2.08. The van der Waals surface area contributed by atoms with Gasteiger partial charge in [0.25, 0.3) is 0 Å². The predicted octanol–water partition coefficient (Wildman–Crippen LogP) is 1.45. The fourth-order valence-electron chi connectivity index (χ4n) is 1.68. The molecule has 1 heterocycles. The van der Waals surface area contributed by atoms with Crippen LogP contribution in [-0.2, 0) is 12.5 Å². The smallest absolute Gasteiger partial charge is 0.241 e. The van der Waals surface area contributed by atoms with Gasteiger partial charge in [-0.15, -0.1) is 0 Å². The Morgan fingerprint density at radius 2 is 1.91 bits per heavy atom. The number of H-pyrrole nitrogens is 1. The van der Waals surface area contributed by atoms with Crippen LogP contribution < -0.4 is 4.57 Å². The average molecular weight is 153 g/mol. The minimum Gasteiger partial charge on any atom is -0.248 e. The van der Waals surface area contributed by atoms with Gasteiger partial charge in [0.15, 0.2) is 5.69 Å². The van der Waals surface area contributed by atoms with Gasteiger partial charge in [-0.2, -0.15) is 0 Å². The van der Waals surface area contributed by atoms with E-state index in [9.17, 15) is 0 Å². The number of nitrogens with one attached hydrogen (secondary N) is 1. The summed E-state index contributed by atoms with van der Waals surface area (Å²) in [6.07, 6.45) is 2.00. The third kappa shape index (κ3) is 1.44. The highest BCUT2D eigenvalue weighted by Gasteiger charge is 2.25. The summed E-state index contributed by atoms with van der Waals surface area (Å²) in [5, 5.41) is 0. The fraction of sp³-hybridized carbons (Fsp3) is 0.667. The van der Waals surface area contributed by atoms with E-state index in [0.717, 1.165) is 0 Å². The fourth-order valence-corrected chi connectivity index (χ4v) is 1.68. The minimum absolute atomic E-state index is 0.235. The first kappa shape index (κ1) is 8.31. The van der Waals surface area contributed by atoms with Gasteiger partial charge in [-0.3, -0.25) is 0 Å². The molecule has 0 bridgehead atoms. The van der Waals surface area contributed by atoms with Crippen LogP contribution in [0.3, 0.4) is 0 Å². The van der Waals surface area contributed by atoms with Crippen molar-refractivity contribution in [2.24, 2.45) is 7.05 Å². The molecule has 1 N–H and O–H groups in total. The van der Waals surface area contributed by atoms with E-state index in [1.807, 2.05) is 6.33 Å². The molecule has 0 saturated carbocycles. The molecule has 0 aliphatic heterocycles. The third-order valence-electron chi connectivity index (χ3n) is 1.89. The summed E-state index contributed by atoms with van der Waals surface area (Å²) < 4.78 is 2.15. The SMILES string of the molecule is Cc1[nH]c[n+](C)c1C(C)(C)C. The molecular formula is C9H17N2+. The monoisotopic (exact) mass is 153 g/mol. The molecule has 0 fully saturated rings. The van der Waals surface area contributed by atoms with Crippen molar-refractivity contribution in [2.75, 3.05) is 0 Å². The van der Waals surface area contributed by atoms with E-state index in [-0.39, 0.29) is 5.41 Å². The van der Waals surface area contributed by atoms with Crippen molar-refractivity contribution in [3.8, 4) is 0 Å². The number of hydrogen-bond donors (Lipinski definition) is 1. The number of hydrogen-bond acceptors (Lipinski definition) is 0. The summed E-state index contributed by atoms with van der Waals surface area (Å²) in [5.74, 6) is 0. The van der Waals surface area contributed by atoms with Gasteiger partial charge in [0.05, 0.1) is 7.05 Å². The maximum atomic E-state index is 3.21. The van der Waals surface area contributed by atoms with Crippen molar-refractivity contribution in [2.45, 2.75) is 33.1 Å². The zero-order valence-electron chi connectivity index (χ0n) is 8.02. The summed E-state index contributed by atoms with van der Waals surface area (Å²) in [6.45, 7) is 8.79. The summed E-state index contributed by atoms with van der Waals surface area (Å²) >= 11 is 0. The Morgan fingerprint density at radius 3 is 2.09 bits per heavy atom. The van der Waals surface area contributed by atoms with Crippen LogP contribution >= 0.6 is 0 Å². The lowest BCUT2D eigenvalue weighted by molar-refractivity contribution is -0.680. The van der Waals surface area contributed by atoms with Gasteiger partial charge in [0.1, 0.15) is 5.69 Å². The Labute approximate surface area is 68.3 Å². The second-order valence-electron chi connectivity index (χ2n) is 4.11. The molecule has 0 aliphatic carbocycles. The Balaban J connectivity index is 3.21. The number of rotatable bonds is 0. The topological polar surface area (TPSA) is 19.7 Å². The van der Waals surface area contributed by atoms with Crippen LogP contribution in [0.25, 0.3) is 0 Å². The highest BCUT2D eigenvalue weighted by Crippen LogP contribution is 2.20. The number of aromatic nitrogens is 2. The van der Waals surface area contributed by atoms with Crippen LogP contribution in [0, 0.1) is 6.92 Å². The van der Waals surface area contributed by atoms with Crippen molar-refractivity contribution in [3.63, 3.8) is 0 Å². The van der Waals surface area contributed by atoms with Crippen molar-refractivity contribution < 1.29 is 4.57 Å². The molecule has 62 valence electrons. The standard InChI is InChI=1S/C9H16N2/c1-7-8(9(2,3)4)11(5)6-10-7/h6H,1-5H3/p+1. The van der Waals surface area contributed by atoms with Crippen molar-refractivity contribution in [1.29, 1.82) is 0 Å². The van der Waals surface area contributed by atoms with Crippen LogP contribution in [0.15, 0.2) is 6.33 Å². The van der Waals surface area contributed by atoms with Crippen molar-refractivity contribution in [3.05, 3.63) is 17.7 Å². The van der Waals surface area contributed by atoms with Gasteiger partial charge in [-0.05, 0) is 0 Å². The second kappa shape index (κ2) is 2.36. The molecule has 0 unspecified atom stereocenters. The highest BCUT2D eigenvalue weighted by molar-refractivity contribution is 5.12. The first-order valence-corrected chi connectivity index (χ1v) is 3.97. The van der Waals surface area contributed by atoms with Gasteiger partial charge in [-0.25, -0.2) is 9.55 Å². The first-order valence-electron chi connectivity index (χ1n) is 3.97. The third-order valence-corrected chi connectivity index (χ3v) is 1.89. The van der Waals surface area contributed by atoms with E-state index in [1.54, 1.807) is 0 Å². The molecule has 0 amide bonds. The number of imidazole rings is 1. The molecule has 1 rings (SSSR count). The van der Waals surface area contributed by atoms with Gasteiger partial charge in [0.2, 0.25) is 6.33 Å². The lowest BCUT2D eigenvalue weighted by Crippen LogP contribution is -2.37. The normalized spacial score (nSPS) is 12.1. The molecule has 0 aromatic carbocycles. The molecule has 0 atom stereocenters. The Bertz CT molecular complexity index is 234. The summed E-state index contributed by atoms with van der Waals surface area (Å²) in [4.78, 5) is 3.21. The van der Waals surface area contributed by atoms with Crippen LogP contribution in [0.4, 0.5) is 0 Å². The molecule has 2 nitrogen and oxygen atoms in total. The molecule has 0 aliphatic rings. The molecule has 2 heteroatoms. The lowest BCUT2D eigenvalue weighted by atomic mass is 9.91. The summed E-state index contributed by atoms with van der Waals surface area (Å²) in [6, 6.07) is 0. The van der Waals surface area contributed by atoms with E-state index in [2.05, 4.69) is 44.3 Å². The van der Waals surface area contributed by atoms with Gasteiger partial charge in [0, 0.05) is 12.3 Å². The number of aromatic amines is 1. The summed E-state index contributed by atoms with van der Waals surface area (Å²) in [5.41, 5.74) is 2.87. The van der Waals surface area contributed by atoms with E-state index >= 15 is 0 Å². The summed E-state index contributed by atoms with van der Waals surface area (Å²) in [7, 11) is 2.07. The molecular weight excluding hydrogens is 136 g/mol. The van der Waals surface area contributed by atoms with Gasteiger partial charge >= 0.3 is 0 Å². The maximum absolute atomic E-state index is 3.21.